The first-order valence-electron chi connectivity index (χ1n) is 6.90. The smallest absolute Gasteiger partial charge is 0.396 e. The zero-order valence-corrected chi connectivity index (χ0v) is 15.9. The van der Waals surface area contributed by atoms with E-state index in [-0.39, 0.29) is 0 Å². The van der Waals surface area contributed by atoms with Gasteiger partial charge < -0.3 is 5.11 Å². The minimum absolute atomic E-state index is 0.667. The largest absolute Gasteiger partial charge is 0.460 e. The quantitative estimate of drug-likeness (QED) is 0.226. The molecule has 0 saturated carbocycles. The second-order valence-electron chi connectivity index (χ2n) is 5.63. The van der Waals surface area contributed by atoms with Gasteiger partial charge in [0.2, 0.25) is 0 Å². The van der Waals surface area contributed by atoms with Crippen molar-refractivity contribution in [3.63, 3.8) is 0 Å². The highest BCUT2D eigenvalue weighted by Gasteiger charge is 2.95. The SMILES string of the molecule is OCC/C(I)=C/C(F)(F)C(F)(F)C(F)(F)C(F)(F)C(F)(F)C(F)(F)C(F)(F)C(F)(F)F. The summed E-state index contributed by atoms with van der Waals surface area (Å²) in [6.45, 7) is -1.11. The summed E-state index contributed by atoms with van der Waals surface area (Å²) in [5.41, 5.74) is 0. The second-order valence-corrected chi connectivity index (χ2v) is 7.02. The van der Waals surface area contributed by atoms with E-state index in [0.29, 0.717) is 22.6 Å². The molecule has 0 aliphatic rings. The first kappa shape index (κ1) is 30.2. The number of hydrogen-bond donors (Lipinski definition) is 1. The molecule has 0 amide bonds. The van der Waals surface area contributed by atoms with Gasteiger partial charge in [-0.3, -0.25) is 0 Å². The fraction of sp³-hybridized carbons (Fsp3) is 0.833. The third-order valence-corrected chi connectivity index (χ3v) is 4.29. The molecule has 0 fully saturated rings. The molecule has 0 aromatic rings. The molecule has 1 nitrogen and oxygen atoms in total. The molecule has 31 heavy (non-hydrogen) atoms. The topological polar surface area (TPSA) is 20.2 Å². The molecule has 1 N–H and O–H groups in total. The van der Waals surface area contributed by atoms with Crippen LogP contribution in [0.1, 0.15) is 6.42 Å². The Hall–Kier alpha value is -0.760. The van der Waals surface area contributed by atoms with Crippen LogP contribution >= 0.6 is 22.6 Å². The number of halogens is 18. The minimum Gasteiger partial charge on any atom is -0.396 e. The maximum absolute atomic E-state index is 13.4. The van der Waals surface area contributed by atoms with Gasteiger partial charge in [0, 0.05) is 19.1 Å². The highest BCUT2D eigenvalue weighted by molar-refractivity contribution is 14.1. The molecule has 0 aliphatic heterocycles. The molecule has 0 rings (SSSR count). The molecular weight excluding hydrogens is 610 g/mol. The van der Waals surface area contributed by atoms with Gasteiger partial charge in [-0.25, -0.2) is 0 Å². The van der Waals surface area contributed by atoms with Gasteiger partial charge in [0.1, 0.15) is 0 Å². The van der Waals surface area contributed by atoms with Crippen LogP contribution < -0.4 is 0 Å². The highest BCUT2D eigenvalue weighted by atomic mass is 127. The normalized spacial score (nSPS) is 16.7. The summed E-state index contributed by atoms with van der Waals surface area (Å²) in [7, 11) is 0. The summed E-state index contributed by atoms with van der Waals surface area (Å²) in [5.74, 6) is -56.5. The van der Waals surface area contributed by atoms with Crippen LogP contribution in [0.15, 0.2) is 9.66 Å². The summed E-state index contributed by atoms with van der Waals surface area (Å²) in [6.07, 6.45) is -10.0. The van der Waals surface area contributed by atoms with E-state index in [4.69, 9.17) is 5.11 Å². The lowest BCUT2D eigenvalue weighted by molar-refractivity contribution is -0.459. The first-order valence-corrected chi connectivity index (χ1v) is 7.98. The molecule has 0 saturated heterocycles. The summed E-state index contributed by atoms with van der Waals surface area (Å²) in [4.78, 5) is 0. The first-order chi connectivity index (χ1) is 13.2. The maximum atomic E-state index is 13.4. The zero-order valence-electron chi connectivity index (χ0n) is 13.7. The molecule has 0 atom stereocenters. The van der Waals surface area contributed by atoms with E-state index >= 15 is 0 Å². The molecule has 0 spiro atoms. The van der Waals surface area contributed by atoms with E-state index in [2.05, 4.69) is 0 Å². The van der Waals surface area contributed by atoms with Crippen molar-refractivity contribution in [1.29, 1.82) is 0 Å². The van der Waals surface area contributed by atoms with Crippen molar-refractivity contribution in [2.45, 2.75) is 54.1 Å². The molecule has 0 radical (unpaired) electrons. The Morgan fingerprint density at radius 1 is 0.548 bits per heavy atom. The van der Waals surface area contributed by atoms with Gasteiger partial charge in [-0.1, -0.05) is 0 Å². The lowest BCUT2D eigenvalue weighted by Crippen LogP contribution is -2.74. The molecule has 0 unspecified atom stereocenters. The van der Waals surface area contributed by atoms with Crippen molar-refractivity contribution < 1.29 is 79.7 Å². The van der Waals surface area contributed by atoms with Crippen LogP contribution in [0.4, 0.5) is 74.6 Å². The van der Waals surface area contributed by atoms with E-state index in [1.54, 1.807) is 0 Å². The van der Waals surface area contributed by atoms with Gasteiger partial charge in [0.15, 0.2) is 0 Å². The third kappa shape index (κ3) is 4.40. The molecule has 0 aliphatic carbocycles. The summed E-state index contributed by atoms with van der Waals surface area (Å²) >= 11 is 0.667. The van der Waals surface area contributed by atoms with E-state index in [9.17, 15) is 74.6 Å². The summed E-state index contributed by atoms with van der Waals surface area (Å²) in [6, 6.07) is 0. The van der Waals surface area contributed by atoms with E-state index in [1.165, 1.54) is 0 Å². The van der Waals surface area contributed by atoms with Crippen molar-refractivity contribution in [1.82, 2.24) is 0 Å². The Morgan fingerprint density at radius 2 is 0.839 bits per heavy atom. The Kier molecular flexibility index (Phi) is 8.03. The van der Waals surface area contributed by atoms with Crippen LogP contribution in [-0.4, -0.2) is 59.3 Å². The number of aliphatic hydroxyl groups is 1. The van der Waals surface area contributed by atoms with Crippen molar-refractivity contribution in [2.24, 2.45) is 0 Å². The van der Waals surface area contributed by atoms with Crippen LogP contribution in [-0.2, 0) is 0 Å². The summed E-state index contributed by atoms with van der Waals surface area (Å²) < 4.78 is 219. The Balaban J connectivity index is 6.73. The van der Waals surface area contributed by atoms with Crippen LogP contribution in [0.2, 0.25) is 0 Å². The average Bonchev–Trinajstić information content (AvgIpc) is 2.52. The fourth-order valence-electron chi connectivity index (χ4n) is 1.64. The monoisotopic (exact) mass is 616 g/mol. The van der Waals surface area contributed by atoms with Gasteiger partial charge in [-0.15, -0.1) is 0 Å². The van der Waals surface area contributed by atoms with Crippen molar-refractivity contribution in [2.75, 3.05) is 6.61 Å². The second kappa shape index (κ2) is 8.23. The van der Waals surface area contributed by atoms with Crippen LogP contribution in [0, 0.1) is 0 Å². The molecule has 0 bridgehead atoms. The molecular formula is C12H6F17IO. The van der Waals surface area contributed by atoms with Gasteiger partial charge in [-0.2, -0.15) is 74.6 Å². The van der Waals surface area contributed by atoms with Crippen LogP contribution in [0.3, 0.4) is 0 Å². The van der Waals surface area contributed by atoms with Crippen molar-refractivity contribution in [3.05, 3.63) is 9.66 Å². The van der Waals surface area contributed by atoms with Gasteiger partial charge in [0.05, 0.1) is 0 Å². The predicted molar refractivity (Wildman–Crippen MR) is 74.5 cm³/mol. The van der Waals surface area contributed by atoms with Crippen LogP contribution in [0.25, 0.3) is 0 Å². The summed E-state index contributed by atoms with van der Waals surface area (Å²) in [5, 5.41) is 8.37. The molecule has 19 heteroatoms. The van der Waals surface area contributed by atoms with E-state index < -0.39 is 70.3 Å². The third-order valence-electron chi connectivity index (χ3n) is 3.43. The Morgan fingerprint density at radius 3 is 1.13 bits per heavy atom. The van der Waals surface area contributed by atoms with Gasteiger partial charge in [0.25, 0.3) is 0 Å². The average molecular weight is 616 g/mol. The number of rotatable bonds is 9. The molecule has 0 heterocycles. The lowest BCUT2D eigenvalue weighted by Gasteiger charge is -2.42. The molecule has 186 valence electrons. The number of alkyl halides is 17. The number of allylic oxidation sites excluding steroid dienone is 1. The van der Waals surface area contributed by atoms with E-state index in [0.717, 1.165) is 0 Å². The molecule has 0 aromatic heterocycles. The Bertz CT molecular complexity index is 677. The minimum atomic E-state index is -8.63. The van der Waals surface area contributed by atoms with Crippen LogP contribution in [0.5, 0.6) is 0 Å². The zero-order chi connectivity index (χ0) is 25.7. The van der Waals surface area contributed by atoms with Crippen molar-refractivity contribution >= 4 is 22.6 Å². The number of hydrogen-bond acceptors (Lipinski definition) is 1. The fourth-order valence-corrected chi connectivity index (χ4v) is 2.27. The van der Waals surface area contributed by atoms with Gasteiger partial charge in [-0.05, 0) is 26.2 Å². The highest BCUT2D eigenvalue weighted by Crippen LogP contribution is 2.64. The molecule has 0 aromatic carbocycles. The van der Waals surface area contributed by atoms with Gasteiger partial charge >= 0.3 is 47.6 Å². The standard InChI is InChI=1S/C12H6F17IO/c13-5(14,3-4(30)1-2-31)6(15,16)7(17,18)8(19,20)9(21,22)10(23,24)11(25,26)12(27,28)29/h3,31H,1-2H2/b4-3-. The van der Waals surface area contributed by atoms with Crippen molar-refractivity contribution in [3.8, 4) is 0 Å². The number of aliphatic hydroxyl groups excluding tert-OH is 1. The van der Waals surface area contributed by atoms with E-state index in [1.807, 2.05) is 0 Å². The lowest BCUT2D eigenvalue weighted by atomic mass is 9.89. The maximum Gasteiger partial charge on any atom is 0.460 e. The predicted octanol–water partition coefficient (Wildman–Crippen LogP) is 6.70. The Labute approximate surface area is 173 Å².